The third-order valence-electron chi connectivity index (χ3n) is 4.59. The molecule has 1 amide bonds. The number of benzene rings is 2. The first-order valence-electron chi connectivity index (χ1n) is 9.46. The number of aromatic nitrogens is 2. The summed E-state index contributed by atoms with van der Waals surface area (Å²) < 4.78 is 43.4. The number of hydrogen-bond acceptors (Lipinski definition) is 3. The molecule has 0 aliphatic heterocycles. The number of halogens is 3. The smallest absolute Gasteiger partial charge is 0.416 e. The van der Waals surface area contributed by atoms with Gasteiger partial charge in [-0.15, -0.1) is 0 Å². The second-order valence-electron chi connectivity index (χ2n) is 6.88. The first-order chi connectivity index (χ1) is 14.3. The van der Waals surface area contributed by atoms with E-state index in [1.165, 1.54) is 17.0 Å². The van der Waals surface area contributed by atoms with Crippen molar-refractivity contribution in [1.29, 1.82) is 0 Å². The van der Waals surface area contributed by atoms with Gasteiger partial charge in [0.2, 0.25) is 0 Å². The van der Waals surface area contributed by atoms with Crippen molar-refractivity contribution >= 4 is 5.91 Å². The minimum absolute atomic E-state index is 0.0116. The zero-order valence-corrected chi connectivity index (χ0v) is 16.4. The van der Waals surface area contributed by atoms with Crippen LogP contribution >= 0.6 is 0 Å². The predicted molar refractivity (Wildman–Crippen MR) is 107 cm³/mol. The number of rotatable bonds is 8. The summed E-state index contributed by atoms with van der Waals surface area (Å²) >= 11 is 0. The van der Waals surface area contributed by atoms with Crippen LogP contribution in [0.4, 0.5) is 13.2 Å². The Morgan fingerprint density at radius 3 is 2.60 bits per heavy atom. The number of ether oxygens (including phenoxy) is 1. The van der Waals surface area contributed by atoms with Crippen molar-refractivity contribution in [2.75, 3.05) is 20.2 Å². The zero-order valence-electron chi connectivity index (χ0n) is 16.4. The van der Waals surface area contributed by atoms with E-state index in [0.717, 1.165) is 29.1 Å². The van der Waals surface area contributed by atoms with E-state index < -0.39 is 11.7 Å². The Balaban J connectivity index is 1.44. The molecule has 0 radical (unpaired) electrons. The summed E-state index contributed by atoms with van der Waals surface area (Å²) in [7, 11) is 1.64. The van der Waals surface area contributed by atoms with E-state index in [1.54, 1.807) is 7.05 Å². The highest BCUT2D eigenvalue weighted by Crippen LogP contribution is 2.31. The average Bonchev–Trinajstić information content (AvgIpc) is 3.21. The number of nitrogens with zero attached hydrogens (tertiary/aromatic N) is 2. The van der Waals surface area contributed by atoms with E-state index in [-0.39, 0.29) is 18.3 Å². The van der Waals surface area contributed by atoms with Crippen molar-refractivity contribution in [3.63, 3.8) is 0 Å². The fourth-order valence-electron chi connectivity index (χ4n) is 2.90. The van der Waals surface area contributed by atoms with Crippen LogP contribution in [0.15, 0.2) is 60.7 Å². The first-order valence-corrected chi connectivity index (χ1v) is 9.46. The number of nitrogens with one attached hydrogen (secondary N) is 1. The number of likely N-dealkylation sites (N-methyl/N-ethyl adjacent to an activating group) is 1. The van der Waals surface area contributed by atoms with E-state index >= 15 is 0 Å². The van der Waals surface area contributed by atoms with Gasteiger partial charge in [0, 0.05) is 24.8 Å². The second-order valence-corrected chi connectivity index (χ2v) is 6.88. The Kier molecular flexibility index (Phi) is 6.76. The summed E-state index contributed by atoms with van der Waals surface area (Å²) in [5.74, 6) is -0.292. The van der Waals surface area contributed by atoms with Gasteiger partial charge in [-0.2, -0.15) is 18.3 Å². The minimum Gasteiger partial charge on any atom is -0.484 e. The lowest BCUT2D eigenvalue weighted by atomic mass is 10.1. The predicted octanol–water partition coefficient (Wildman–Crippen LogP) is 4.57. The molecule has 0 saturated heterocycles. The molecule has 30 heavy (non-hydrogen) atoms. The molecule has 158 valence electrons. The van der Waals surface area contributed by atoms with Gasteiger partial charge in [0.1, 0.15) is 5.75 Å². The lowest BCUT2D eigenvalue weighted by molar-refractivity contribution is -0.137. The summed E-state index contributed by atoms with van der Waals surface area (Å²) in [5, 5.41) is 7.30. The van der Waals surface area contributed by atoms with Crippen molar-refractivity contribution in [3.8, 4) is 17.0 Å². The van der Waals surface area contributed by atoms with E-state index in [2.05, 4.69) is 10.2 Å². The number of carbonyl (C=O) groups excluding carboxylic acids is 1. The Morgan fingerprint density at radius 2 is 1.87 bits per heavy atom. The summed E-state index contributed by atoms with van der Waals surface area (Å²) in [6.07, 6.45) is -3.03. The third kappa shape index (κ3) is 5.85. The molecule has 0 aliphatic carbocycles. The largest absolute Gasteiger partial charge is 0.484 e. The molecule has 0 aliphatic rings. The van der Waals surface area contributed by atoms with Gasteiger partial charge < -0.3 is 9.64 Å². The lowest BCUT2D eigenvalue weighted by Crippen LogP contribution is -2.32. The maximum atomic E-state index is 12.7. The van der Waals surface area contributed by atoms with Crippen LogP contribution < -0.4 is 4.74 Å². The maximum absolute atomic E-state index is 12.7. The van der Waals surface area contributed by atoms with Crippen molar-refractivity contribution in [3.05, 3.63) is 71.9 Å². The van der Waals surface area contributed by atoms with Crippen molar-refractivity contribution in [1.82, 2.24) is 15.1 Å². The van der Waals surface area contributed by atoms with E-state index in [9.17, 15) is 18.0 Å². The highest BCUT2D eigenvalue weighted by molar-refractivity contribution is 5.77. The van der Waals surface area contributed by atoms with Crippen LogP contribution in [-0.4, -0.2) is 41.2 Å². The fourth-order valence-corrected chi connectivity index (χ4v) is 2.90. The van der Waals surface area contributed by atoms with Gasteiger partial charge in [-0.25, -0.2) is 0 Å². The zero-order chi connectivity index (χ0) is 21.6. The molecule has 0 unspecified atom stereocenters. The quantitative estimate of drug-likeness (QED) is 0.584. The molecule has 0 atom stereocenters. The van der Waals surface area contributed by atoms with Crippen LogP contribution in [0.5, 0.6) is 5.75 Å². The van der Waals surface area contributed by atoms with Crippen LogP contribution in [0.2, 0.25) is 0 Å². The van der Waals surface area contributed by atoms with Crippen molar-refractivity contribution in [2.24, 2.45) is 0 Å². The van der Waals surface area contributed by atoms with E-state index in [1.807, 2.05) is 36.4 Å². The molecule has 1 aromatic heterocycles. The third-order valence-corrected chi connectivity index (χ3v) is 4.59. The molecule has 0 spiro atoms. The van der Waals surface area contributed by atoms with Gasteiger partial charge >= 0.3 is 6.18 Å². The number of H-pyrrole nitrogens is 1. The standard InChI is InChI=1S/C22H22F3N3O2/c1-28(21(29)15-30-19-11-5-9-17(13-19)22(23,24)25)12-6-10-18-14-20(27-26-18)16-7-3-2-4-8-16/h2-5,7-9,11,13-14H,6,10,12,15H2,1H3,(H,26,27). The molecule has 1 N–H and O–H groups in total. The Morgan fingerprint density at radius 1 is 1.10 bits per heavy atom. The highest BCUT2D eigenvalue weighted by atomic mass is 19.4. The maximum Gasteiger partial charge on any atom is 0.416 e. The van der Waals surface area contributed by atoms with Crippen LogP contribution in [0.1, 0.15) is 17.7 Å². The molecule has 2 aromatic carbocycles. The fraction of sp³-hybridized carbons (Fsp3) is 0.273. The number of hydrogen-bond donors (Lipinski definition) is 1. The van der Waals surface area contributed by atoms with Crippen molar-refractivity contribution < 1.29 is 22.7 Å². The van der Waals surface area contributed by atoms with E-state index in [4.69, 9.17) is 4.74 Å². The van der Waals surface area contributed by atoms with Crippen LogP contribution in [0.3, 0.4) is 0 Å². The number of alkyl halides is 3. The van der Waals surface area contributed by atoms with Gasteiger partial charge in [-0.3, -0.25) is 9.89 Å². The first kappa shape index (κ1) is 21.4. The summed E-state index contributed by atoms with van der Waals surface area (Å²) in [4.78, 5) is 13.7. The van der Waals surface area contributed by atoms with Gasteiger partial charge in [0.25, 0.3) is 5.91 Å². The molecule has 1 heterocycles. The van der Waals surface area contributed by atoms with E-state index in [0.29, 0.717) is 19.4 Å². The summed E-state index contributed by atoms with van der Waals surface area (Å²) in [6.45, 7) is 0.171. The molecule has 0 bridgehead atoms. The van der Waals surface area contributed by atoms with Gasteiger partial charge in [-0.05, 0) is 37.1 Å². The number of aromatic amines is 1. The summed E-state index contributed by atoms with van der Waals surface area (Å²) in [6, 6.07) is 16.3. The van der Waals surface area contributed by atoms with Gasteiger partial charge in [0.05, 0.1) is 11.3 Å². The molecule has 3 aromatic rings. The molecule has 0 saturated carbocycles. The topological polar surface area (TPSA) is 58.2 Å². The normalized spacial score (nSPS) is 11.3. The Bertz CT molecular complexity index is 971. The number of aryl methyl sites for hydroxylation is 1. The number of amides is 1. The summed E-state index contributed by atoms with van der Waals surface area (Å²) in [5.41, 5.74) is 2.05. The highest BCUT2D eigenvalue weighted by Gasteiger charge is 2.30. The van der Waals surface area contributed by atoms with Gasteiger partial charge in [0.15, 0.2) is 6.61 Å². The Hall–Kier alpha value is -3.29. The van der Waals surface area contributed by atoms with Crippen LogP contribution in [0, 0.1) is 0 Å². The van der Waals surface area contributed by atoms with Crippen LogP contribution in [0.25, 0.3) is 11.3 Å². The van der Waals surface area contributed by atoms with Crippen molar-refractivity contribution in [2.45, 2.75) is 19.0 Å². The SMILES string of the molecule is CN(CCCc1cc(-c2ccccc2)n[nH]1)C(=O)COc1cccc(C(F)(F)F)c1. The molecular weight excluding hydrogens is 395 g/mol. The lowest BCUT2D eigenvalue weighted by Gasteiger charge is -2.17. The number of carbonyl (C=O) groups is 1. The minimum atomic E-state index is -4.45. The average molecular weight is 417 g/mol. The molecular formula is C22H22F3N3O2. The molecule has 5 nitrogen and oxygen atoms in total. The monoisotopic (exact) mass is 417 g/mol. The molecule has 3 rings (SSSR count). The second kappa shape index (κ2) is 9.47. The molecule has 8 heteroatoms. The molecule has 0 fully saturated rings. The van der Waals surface area contributed by atoms with Crippen LogP contribution in [-0.2, 0) is 17.4 Å². The Labute approximate surface area is 172 Å². The van der Waals surface area contributed by atoms with Gasteiger partial charge in [-0.1, -0.05) is 36.4 Å².